The van der Waals surface area contributed by atoms with E-state index in [1.165, 1.54) is 5.57 Å². The van der Waals surface area contributed by atoms with Crippen LogP contribution in [0.3, 0.4) is 0 Å². The van der Waals surface area contributed by atoms with E-state index in [0.29, 0.717) is 12.5 Å². The van der Waals surface area contributed by atoms with Gasteiger partial charge in [-0.05, 0) is 73.7 Å². The zero-order valence-electron chi connectivity index (χ0n) is 19.0. The summed E-state index contributed by atoms with van der Waals surface area (Å²) in [7, 11) is 0. The first-order chi connectivity index (χ1) is 14.7. The molecule has 3 aliphatic carbocycles. The smallest absolute Gasteiger partial charge is 0.309 e. The average Bonchev–Trinajstić information content (AvgIpc) is 3.34. The molecule has 2 saturated carbocycles. The Balaban J connectivity index is 1.42. The van der Waals surface area contributed by atoms with Gasteiger partial charge in [0.15, 0.2) is 0 Å². The minimum absolute atomic E-state index is 0.00792. The minimum Gasteiger partial charge on any atom is -0.481 e. The van der Waals surface area contributed by atoms with E-state index in [4.69, 9.17) is 0 Å². The highest BCUT2D eigenvalue weighted by Crippen LogP contribution is 2.68. The number of carbonyl (C=O) groups excluding carboxylic acids is 1. The molecule has 1 aliphatic heterocycles. The lowest BCUT2D eigenvalue weighted by Gasteiger charge is -2.63. The lowest BCUT2D eigenvalue weighted by Crippen LogP contribution is -2.58. The SMILES string of the molecule is C[C@]12CCC[C@](C)(C(=O)O)C1CC[C@@]1(C)C3=C(CCC21)C(=O)N(CCc1cnc[nH]1)C3. The summed E-state index contributed by atoms with van der Waals surface area (Å²) in [6.07, 6.45) is 11.0. The van der Waals surface area contributed by atoms with Gasteiger partial charge in [0.2, 0.25) is 5.91 Å². The number of amides is 1. The molecule has 0 bridgehead atoms. The third kappa shape index (κ3) is 2.86. The van der Waals surface area contributed by atoms with Crippen LogP contribution in [0.5, 0.6) is 0 Å². The van der Waals surface area contributed by atoms with Crippen LogP contribution in [0.25, 0.3) is 0 Å². The first kappa shape index (κ1) is 20.8. The van der Waals surface area contributed by atoms with E-state index >= 15 is 0 Å². The number of imidazole rings is 1. The van der Waals surface area contributed by atoms with Gasteiger partial charge in [-0.3, -0.25) is 9.59 Å². The number of H-pyrrole nitrogens is 1. The molecule has 1 amide bonds. The molecule has 2 unspecified atom stereocenters. The normalized spacial score (nSPS) is 39.8. The number of carboxylic acid groups (broad SMARTS) is 1. The molecule has 6 nitrogen and oxygen atoms in total. The van der Waals surface area contributed by atoms with Crippen molar-refractivity contribution in [2.24, 2.45) is 28.1 Å². The summed E-state index contributed by atoms with van der Waals surface area (Å²) in [4.78, 5) is 34.8. The highest BCUT2D eigenvalue weighted by Gasteiger charge is 2.63. The Labute approximate surface area is 184 Å². The second kappa shape index (κ2) is 6.94. The summed E-state index contributed by atoms with van der Waals surface area (Å²) < 4.78 is 0. The molecule has 5 rings (SSSR count). The van der Waals surface area contributed by atoms with Gasteiger partial charge >= 0.3 is 5.97 Å². The third-order valence-corrected chi connectivity index (χ3v) is 9.82. The molecule has 1 aromatic rings. The molecule has 5 atom stereocenters. The highest BCUT2D eigenvalue weighted by molar-refractivity contribution is 5.97. The van der Waals surface area contributed by atoms with Crippen LogP contribution < -0.4 is 0 Å². The van der Waals surface area contributed by atoms with E-state index in [2.05, 4.69) is 23.8 Å². The van der Waals surface area contributed by atoms with Crippen LogP contribution in [-0.4, -0.2) is 44.9 Å². The van der Waals surface area contributed by atoms with E-state index in [1.54, 1.807) is 6.33 Å². The molecule has 0 radical (unpaired) electrons. The topological polar surface area (TPSA) is 86.3 Å². The van der Waals surface area contributed by atoms with Crippen molar-refractivity contribution in [2.45, 2.75) is 72.1 Å². The minimum atomic E-state index is -0.622. The number of hydrogen-bond acceptors (Lipinski definition) is 3. The quantitative estimate of drug-likeness (QED) is 0.757. The monoisotopic (exact) mass is 425 g/mol. The maximum absolute atomic E-state index is 13.2. The molecule has 0 spiro atoms. The first-order valence-corrected chi connectivity index (χ1v) is 11.9. The predicted molar refractivity (Wildman–Crippen MR) is 117 cm³/mol. The van der Waals surface area contributed by atoms with Gasteiger partial charge in [0.1, 0.15) is 0 Å². The van der Waals surface area contributed by atoms with Gasteiger partial charge in [-0.25, -0.2) is 4.98 Å². The van der Waals surface area contributed by atoms with Crippen molar-refractivity contribution in [3.63, 3.8) is 0 Å². The van der Waals surface area contributed by atoms with Crippen molar-refractivity contribution in [1.82, 2.24) is 14.9 Å². The van der Waals surface area contributed by atoms with Gasteiger partial charge in [-0.2, -0.15) is 0 Å². The number of carboxylic acids is 1. The number of nitrogens with one attached hydrogen (secondary N) is 1. The lowest BCUT2D eigenvalue weighted by molar-refractivity contribution is -0.175. The number of fused-ring (bicyclic) bond motifs is 4. The molecule has 2 N–H and O–H groups in total. The van der Waals surface area contributed by atoms with Gasteiger partial charge in [0, 0.05) is 37.0 Å². The predicted octanol–water partition coefficient (Wildman–Crippen LogP) is 4.20. The van der Waals surface area contributed by atoms with Crippen LogP contribution in [0.2, 0.25) is 0 Å². The van der Waals surface area contributed by atoms with Crippen LogP contribution in [0.15, 0.2) is 23.7 Å². The highest BCUT2D eigenvalue weighted by atomic mass is 16.4. The number of rotatable bonds is 4. The molecular weight excluding hydrogens is 390 g/mol. The number of nitrogens with zero attached hydrogens (tertiary/aromatic N) is 2. The third-order valence-electron chi connectivity index (χ3n) is 9.82. The van der Waals surface area contributed by atoms with E-state index < -0.39 is 11.4 Å². The van der Waals surface area contributed by atoms with Gasteiger partial charge in [0.25, 0.3) is 0 Å². The summed E-state index contributed by atoms with van der Waals surface area (Å²) in [5, 5.41) is 10.1. The maximum atomic E-state index is 13.2. The van der Waals surface area contributed by atoms with Crippen molar-refractivity contribution < 1.29 is 14.7 Å². The van der Waals surface area contributed by atoms with Crippen molar-refractivity contribution in [1.29, 1.82) is 0 Å². The summed E-state index contributed by atoms with van der Waals surface area (Å²) >= 11 is 0. The van der Waals surface area contributed by atoms with Gasteiger partial charge < -0.3 is 15.0 Å². The number of aromatic nitrogens is 2. The van der Waals surface area contributed by atoms with E-state index in [9.17, 15) is 14.7 Å². The number of aliphatic carboxylic acids is 1. The Morgan fingerprint density at radius 2 is 2.03 bits per heavy atom. The number of carbonyl (C=O) groups is 2. The number of hydrogen-bond donors (Lipinski definition) is 2. The van der Waals surface area contributed by atoms with E-state index in [0.717, 1.165) is 69.2 Å². The first-order valence-electron chi connectivity index (χ1n) is 11.9. The second-order valence-electron chi connectivity index (χ2n) is 11.2. The zero-order chi connectivity index (χ0) is 22.0. The average molecular weight is 426 g/mol. The molecule has 2 fully saturated rings. The van der Waals surface area contributed by atoms with Crippen LogP contribution in [0.1, 0.15) is 71.4 Å². The van der Waals surface area contributed by atoms with Crippen molar-refractivity contribution in [3.05, 3.63) is 29.4 Å². The van der Waals surface area contributed by atoms with Gasteiger partial charge in [-0.1, -0.05) is 20.3 Å². The van der Waals surface area contributed by atoms with Gasteiger partial charge in [0.05, 0.1) is 11.7 Å². The standard InChI is InChI=1S/C25H35N3O3/c1-23-11-7-20-24(2,9-4-10-25(20,3)22(30)31)19(23)6-5-17-18(23)14-28(21(17)29)12-8-16-13-26-15-27-16/h13,15,19-20H,4-12,14H2,1-3H3,(H,26,27)(H,30,31)/t19?,20?,23-,24+,25-/m0/s1. The largest absolute Gasteiger partial charge is 0.481 e. The summed E-state index contributed by atoms with van der Waals surface area (Å²) in [6.45, 7) is 8.20. The molecular formula is C25H35N3O3. The molecule has 6 heteroatoms. The fourth-order valence-electron chi connectivity index (χ4n) is 8.20. The fourth-order valence-corrected chi connectivity index (χ4v) is 8.20. The Kier molecular flexibility index (Phi) is 4.65. The maximum Gasteiger partial charge on any atom is 0.309 e. The van der Waals surface area contributed by atoms with Crippen molar-refractivity contribution in [2.75, 3.05) is 13.1 Å². The van der Waals surface area contributed by atoms with Crippen molar-refractivity contribution >= 4 is 11.9 Å². The molecule has 0 saturated heterocycles. The van der Waals surface area contributed by atoms with Crippen molar-refractivity contribution in [3.8, 4) is 0 Å². The molecule has 1 aromatic heterocycles. The summed E-state index contributed by atoms with van der Waals surface area (Å²) in [6, 6.07) is 0. The Morgan fingerprint density at radius 1 is 1.23 bits per heavy atom. The molecule has 31 heavy (non-hydrogen) atoms. The Morgan fingerprint density at radius 3 is 2.74 bits per heavy atom. The second-order valence-corrected chi connectivity index (χ2v) is 11.2. The molecule has 4 aliphatic rings. The number of aromatic amines is 1. The van der Waals surface area contributed by atoms with Gasteiger partial charge in [-0.15, -0.1) is 0 Å². The molecule has 168 valence electrons. The molecule has 2 heterocycles. The Bertz CT molecular complexity index is 938. The van der Waals surface area contributed by atoms with Crippen LogP contribution in [0, 0.1) is 28.1 Å². The summed E-state index contributed by atoms with van der Waals surface area (Å²) in [5.74, 6) is 0.279. The summed E-state index contributed by atoms with van der Waals surface area (Å²) in [5.41, 5.74) is 2.90. The fraction of sp³-hybridized carbons (Fsp3) is 0.720. The van der Waals surface area contributed by atoms with Crippen LogP contribution in [0.4, 0.5) is 0 Å². The van der Waals surface area contributed by atoms with E-state index in [1.807, 2.05) is 18.0 Å². The van der Waals surface area contributed by atoms with E-state index in [-0.39, 0.29) is 22.7 Å². The Hall–Kier alpha value is -2.11. The lowest BCUT2D eigenvalue weighted by atomic mass is 9.40. The molecule has 0 aromatic carbocycles. The zero-order valence-corrected chi connectivity index (χ0v) is 19.0. The van der Waals surface area contributed by atoms with Crippen LogP contribution in [-0.2, 0) is 16.0 Å². The van der Waals surface area contributed by atoms with Crippen LogP contribution >= 0.6 is 0 Å².